The van der Waals surface area contributed by atoms with E-state index in [2.05, 4.69) is 98.4 Å². The predicted octanol–water partition coefficient (Wildman–Crippen LogP) is 5.49. The summed E-state index contributed by atoms with van der Waals surface area (Å²) in [5, 5.41) is 11.8. The molecule has 5 aromatic rings. The molecule has 0 atom stereocenters. The lowest BCUT2D eigenvalue weighted by Gasteiger charge is -2.27. The topological polar surface area (TPSA) is 68.0 Å². The molecular weight excluding hydrogens is 464 g/mol. The summed E-state index contributed by atoms with van der Waals surface area (Å²) in [5.41, 5.74) is 8.08. The third-order valence-corrected chi connectivity index (χ3v) is 8.03. The number of aromatic amines is 1. The second kappa shape index (κ2) is 10.4. The number of hydrogen-bond donors (Lipinski definition) is 4. The van der Waals surface area contributed by atoms with Crippen molar-refractivity contribution in [1.29, 1.82) is 0 Å². The van der Waals surface area contributed by atoms with Crippen molar-refractivity contribution in [2.24, 2.45) is 0 Å². The first-order valence-electron chi connectivity index (χ1n) is 12.7. The Balaban J connectivity index is 1.13. The van der Waals surface area contributed by atoms with Crippen LogP contribution in [0.5, 0.6) is 0 Å². The molecule has 1 fully saturated rings. The molecule has 0 radical (unpaired) electrons. The molecule has 36 heavy (non-hydrogen) atoms. The number of pyridine rings is 1. The Hall–Kier alpha value is -3.23. The summed E-state index contributed by atoms with van der Waals surface area (Å²) in [5.74, 6) is 0. The maximum atomic E-state index is 4.64. The lowest BCUT2D eigenvalue weighted by Crippen LogP contribution is -2.45. The van der Waals surface area contributed by atoms with E-state index in [0.29, 0.717) is 0 Å². The molecule has 0 amide bonds. The quantitative estimate of drug-likeness (QED) is 0.214. The summed E-state index contributed by atoms with van der Waals surface area (Å²) in [6.45, 7) is 9.65. The van der Waals surface area contributed by atoms with E-state index in [9.17, 15) is 0 Å². The van der Waals surface area contributed by atoms with Gasteiger partial charge in [-0.2, -0.15) is 0 Å². The summed E-state index contributed by atoms with van der Waals surface area (Å²) in [4.78, 5) is 11.8. The monoisotopic (exact) mass is 496 g/mol. The Morgan fingerprint density at radius 1 is 1.00 bits per heavy atom. The van der Waals surface area contributed by atoms with Crippen LogP contribution >= 0.6 is 11.3 Å². The average molecular weight is 497 g/mol. The first kappa shape index (κ1) is 23.2. The van der Waals surface area contributed by atoms with Crippen molar-refractivity contribution < 1.29 is 0 Å². The number of benzene rings is 2. The van der Waals surface area contributed by atoms with Gasteiger partial charge in [0.2, 0.25) is 0 Å². The van der Waals surface area contributed by atoms with Crippen LogP contribution in [-0.2, 0) is 6.54 Å². The second-order valence-corrected chi connectivity index (χ2v) is 10.6. The van der Waals surface area contributed by atoms with Crippen molar-refractivity contribution >= 4 is 43.8 Å². The van der Waals surface area contributed by atoms with Gasteiger partial charge in [0.15, 0.2) is 0 Å². The predicted molar refractivity (Wildman–Crippen MR) is 152 cm³/mol. The zero-order chi connectivity index (χ0) is 24.3. The van der Waals surface area contributed by atoms with E-state index >= 15 is 0 Å². The number of hydrogen-bond acceptors (Lipinski definition) is 6. The molecule has 0 aliphatic carbocycles. The molecule has 0 spiro atoms. The summed E-state index contributed by atoms with van der Waals surface area (Å²) in [6, 6.07) is 21.8. The van der Waals surface area contributed by atoms with Crippen molar-refractivity contribution in [1.82, 2.24) is 25.5 Å². The van der Waals surface area contributed by atoms with Crippen LogP contribution in [0.4, 0.5) is 11.4 Å². The molecule has 4 heterocycles. The van der Waals surface area contributed by atoms with Gasteiger partial charge >= 0.3 is 0 Å². The molecule has 1 aliphatic heterocycles. The number of anilines is 2. The van der Waals surface area contributed by atoms with Crippen LogP contribution in [-0.4, -0.2) is 54.1 Å². The van der Waals surface area contributed by atoms with E-state index in [4.69, 9.17) is 0 Å². The molecule has 1 saturated heterocycles. The summed E-state index contributed by atoms with van der Waals surface area (Å²) in [7, 11) is 0. The molecule has 6 nitrogen and oxygen atoms in total. The maximum absolute atomic E-state index is 4.64. The highest BCUT2D eigenvalue weighted by molar-refractivity contribution is 7.22. The Bertz CT molecular complexity index is 1460. The van der Waals surface area contributed by atoms with E-state index in [1.165, 1.54) is 31.8 Å². The minimum Gasteiger partial charge on any atom is -0.359 e. The smallest absolute Gasteiger partial charge is 0.0837 e. The van der Waals surface area contributed by atoms with Crippen LogP contribution in [0.2, 0.25) is 0 Å². The van der Waals surface area contributed by atoms with Crippen LogP contribution < -0.4 is 16.0 Å². The SMILES string of the molecule is Cc1cc2cc(Nc3ccnc4cc(-c5ccc(CNCCN6CCNCC6)cc5)sc34)ccc2[nH]1. The van der Waals surface area contributed by atoms with Gasteiger partial charge in [-0.1, -0.05) is 24.3 Å². The fourth-order valence-corrected chi connectivity index (χ4v) is 5.97. The molecule has 2 aromatic carbocycles. The number of rotatable bonds is 8. The van der Waals surface area contributed by atoms with Gasteiger partial charge in [-0.05, 0) is 54.4 Å². The Morgan fingerprint density at radius 3 is 2.72 bits per heavy atom. The number of H-pyrrole nitrogens is 1. The van der Waals surface area contributed by atoms with Crippen molar-refractivity contribution in [2.45, 2.75) is 13.5 Å². The van der Waals surface area contributed by atoms with Crippen LogP contribution in [0.3, 0.4) is 0 Å². The second-order valence-electron chi connectivity index (χ2n) is 9.53. The normalized spacial score (nSPS) is 14.6. The summed E-state index contributed by atoms with van der Waals surface area (Å²) < 4.78 is 1.18. The third kappa shape index (κ3) is 5.15. The average Bonchev–Trinajstić information content (AvgIpc) is 3.51. The van der Waals surface area contributed by atoms with Crippen LogP contribution in [0.15, 0.2) is 66.9 Å². The fraction of sp³-hybridized carbons (Fsp3) is 0.276. The fourth-order valence-electron chi connectivity index (χ4n) is 4.88. The number of fused-ring (bicyclic) bond motifs is 2. The summed E-state index contributed by atoms with van der Waals surface area (Å²) >= 11 is 1.79. The first-order valence-corrected chi connectivity index (χ1v) is 13.5. The molecule has 7 heteroatoms. The van der Waals surface area contributed by atoms with Gasteiger partial charge in [-0.25, -0.2) is 0 Å². The number of aryl methyl sites for hydroxylation is 1. The van der Waals surface area contributed by atoms with E-state index in [1.807, 2.05) is 6.20 Å². The Labute approximate surface area is 215 Å². The van der Waals surface area contributed by atoms with Gasteiger partial charge in [0.1, 0.15) is 0 Å². The molecule has 3 aromatic heterocycles. The molecule has 6 rings (SSSR count). The minimum absolute atomic E-state index is 0.902. The number of piperazine rings is 1. The van der Waals surface area contributed by atoms with Crippen LogP contribution in [0.1, 0.15) is 11.3 Å². The van der Waals surface area contributed by atoms with Crippen molar-refractivity contribution in [3.63, 3.8) is 0 Å². The van der Waals surface area contributed by atoms with Gasteiger partial charge in [0.05, 0.1) is 15.9 Å². The largest absolute Gasteiger partial charge is 0.359 e. The van der Waals surface area contributed by atoms with Gasteiger partial charge in [0.25, 0.3) is 0 Å². The van der Waals surface area contributed by atoms with Crippen molar-refractivity contribution in [3.05, 3.63) is 78.1 Å². The molecule has 4 N–H and O–H groups in total. The lowest BCUT2D eigenvalue weighted by atomic mass is 10.1. The van der Waals surface area contributed by atoms with Crippen LogP contribution in [0.25, 0.3) is 31.6 Å². The highest BCUT2D eigenvalue weighted by Gasteiger charge is 2.11. The van der Waals surface area contributed by atoms with E-state index in [1.54, 1.807) is 11.3 Å². The molecule has 0 saturated carbocycles. The highest BCUT2D eigenvalue weighted by atomic mass is 32.1. The number of aromatic nitrogens is 2. The zero-order valence-corrected chi connectivity index (χ0v) is 21.4. The molecule has 0 bridgehead atoms. The van der Waals surface area contributed by atoms with E-state index in [-0.39, 0.29) is 0 Å². The van der Waals surface area contributed by atoms with Gasteiger partial charge in [-0.3, -0.25) is 9.88 Å². The molecule has 184 valence electrons. The minimum atomic E-state index is 0.902. The van der Waals surface area contributed by atoms with Crippen LogP contribution in [0, 0.1) is 6.92 Å². The Morgan fingerprint density at radius 2 is 1.86 bits per heavy atom. The zero-order valence-electron chi connectivity index (χ0n) is 20.6. The number of nitrogens with zero attached hydrogens (tertiary/aromatic N) is 2. The van der Waals surface area contributed by atoms with Crippen molar-refractivity contribution in [2.75, 3.05) is 44.6 Å². The highest BCUT2D eigenvalue weighted by Crippen LogP contribution is 2.37. The molecule has 1 aliphatic rings. The van der Waals surface area contributed by atoms with Crippen molar-refractivity contribution in [3.8, 4) is 10.4 Å². The van der Waals surface area contributed by atoms with E-state index < -0.39 is 0 Å². The number of nitrogens with one attached hydrogen (secondary N) is 4. The lowest BCUT2D eigenvalue weighted by molar-refractivity contribution is 0.241. The standard InChI is InChI=1S/C29H32N6S/c1-20-16-23-17-24(6-7-25(23)33-20)34-26-8-9-32-27-18-28(36-29(26)27)22-4-2-21(3-5-22)19-31-12-15-35-13-10-30-11-14-35/h2-9,16-18,30-31,33H,10-15,19H2,1H3,(H,32,34). The first-order chi connectivity index (χ1) is 17.7. The summed E-state index contributed by atoms with van der Waals surface area (Å²) in [6.07, 6.45) is 1.88. The Kier molecular flexibility index (Phi) is 6.70. The third-order valence-electron chi connectivity index (χ3n) is 6.83. The van der Waals surface area contributed by atoms with Gasteiger partial charge < -0.3 is 20.9 Å². The molecular formula is C29H32N6S. The number of thiophene rings is 1. The maximum Gasteiger partial charge on any atom is 0.0837 e. The van der Waals surface area contributed by atoms with Gasteiger partial charge in [0, 0.05) is 79.2 Å². The van der Waals surface area contributed by atoms with E-state index in [0.717, 1.165) is 68.2 Å². The van der Waals surface area contributed by atoms with Gasteiger partial charge in [-0.15, -0.1) is 11.3 Å². The molecule has 0 unspecified atom stereocenters.